The number of methoxy groups -OCH3 is 2. The van der Waals surface area contributed by atoms with E-state index in [2.05, 4.69) is 15.5 Å². The first-order valence-corrected chi connectivity index (χ1v) is 8.06. The number of rotatable bonds is 5. The van der Waals surface area contributed by atoms with Crippen LogP contribution in [0.2, 0.25) is 0 Å². The Kier molecular flexibility index (Phi) is 5.12. The van der Waals surface area contributed by atoms with Crippen LogP contribution < -0.4 is 14.8 Å². The highest BCUT2D eigenvalue weighted by atomic mass is 16.5. The summed E-state index contributed by atoms with van der Waals surface area (Å²) in [5.74, 6) is 3.26. The second-order valence-corrected chi connectivity index (χ2v) is 5.83. The summed E-state index contributed by atoms with van der Waals surface area (Å²) >= 11 is 0. The molecule has 1 N–H and O–H groups in total. The monoisotopic (exact) mass is 317 g/mol. The Balaban J connectivity index is 1.73. The summed E-state index contributed by atoms with van der Waals surface area (Å²) in [5.41, 5.74) is 0.861. The van der Waals surface area contributed by atoms with Gasteiger partial charge in [0.2, 0.25) is 11.7 Å². The number of ether oxygens (including phenoxy) is 2. The molecule has 1 aliphatic heterocycles. The van der Waals surface area contributed by atoms with Crippen molar-refractivity contribution in [1.29, 1.82) is 0 Å². The van der Waals surface area contributed by atoms with Crippen LogP contribution in [0.1, 0.15) is 25.2 Å². The predicted molar refractivity (Wildman–Crippen MR) is 86.8 cm³/mol. The van der Waals surface area contributed by atoms with Crippen molar-refractivity contribution in [3.8, 4) is 22.9 Å². The maximum Gasteiger partial charge on any atom is 0.227 e. The van der Waals surface area contributed by atoms with Gasteiger partial charge in [0.15, 0.2) is 11.5 Å². The fourth-order valence-corrected chi connectivity index (χ4v) is 2.97. The van der Waals surface area contributed by atoms with Gasteiger partial charge < -0.3 is 19.3 Å². The molecular formula is C17H23N3O3. The molecule has 6 heteroatoms. The summed E-state index contributed by atoms with van der Waals surface area (Å²) < 4.78 is 16.0. The highest BCUT2D eigenvalue weighted by molar-refractivity contribution is 5.60. The first kappa shape index (κ1) is 15.8. The van der Waals surface area contributed by atoms with Crippen molar-refractivity contribution in [3.63, 3.8) is 0 Å². The van der Waals surface area contributed by atoms with Crippen LogP contribution in [-0.4, -0.2) is 37.4 Å². The Hall–Kier alpha value is -2.08. The van der Waals surface area contributed by atoms with Gasteiger partial charge in [0.1, 0.15) is 0 Å². The number of hydrogen-bond acceptors (Lipinski definition) is 6. The van der Waals surface area contributed by atoms with Crippen LogP contribution in [0.4, 0.5) is 0 Å². The van der Waals surface area contributed by atoms with Crippen molar-refractivity contribution in [2.24, 2.45) is 5.92 Å². The number of benzene rings is 1. The molecular weight excluding hydrogens is 294 g/mol. The third kappa shape index (κ3) is 3.82. The smallest absolute Gasteiger partial charge is 0.227 e. The van der Waals surface area contributed by atoms with E-state index in [9.17, 15) is 0 Å². The number of hydrogen-bond donors (Lipinski definition) is 1. The summed E-state index contributed by atoms with van der Waals surface area (Å²) in [7, 11) is 3.23. The predicted octanol–water partition coefficient (Wildman–Crippen LogP) is 2.69. The SMILES string of the molecule is COc1ccc(-c2noc(CC3CCCNCC3)n2)cc1OC. The molecule has 1 saturated heterocycles. The van der Waals surface area contributed by atoms with Crippen LogP contribution >= 0.6 is 0 Å². The van der Waals surface area contributed by atoms with Crippen LogP contribution in [0.15, 0.2) is 22.7 Å². The molecule has 0 radical (unpaired) electrons. The average molecular weight is 317 g/mol. The zero-order chi connectivity index (χ0) is 16.1. The molecule has 124 valence electrons. The third-order valence-electron chi connectivity index (χ3n) is 4.27. The van der Waals surface area contributed by atoms with E-state index >= 15 is 0 Å². The molecule has 3 rings (SSSR count). The second kappa shape index (κ2) is 7.46. The number of nitrogens with zero attached hydrogens (tertiary/aromatic N) is 2. The third-order valence-corrected chi connectivity index (χ3v) is 4.27. The van der Waals surface area contributed by atoms with Gasteiger partial charge in [0, 0.05) is 12.0 Å². The van der Waals surface area contributed by atoms with E-state index in [1.807, 2.05) is 18.2 Å². The molecule has 1 unspecified atom stereocenters. The molecule has 1 aliphatic rings. The molecule has 0 bridgehead atoms. The van der Waals surface area contributed by atoms with Gasteiger partial charge in [0.25, 0.3) is 0 Å². The molecule has 1 aromatic heterocycles. The Morgan fingerprint density at radius 1 is 1.17 bits per heavy atom. The normalized spacial score (nSPS) is 18.4. The summed E-state index contributed by atoms with van der Waals surface area (Å²) in [6.07, 6.45) is 4.43. The van der Waals surface area contributed by atoms with E-state index in [1.54, 1.807) is 14.2 Å². The highest BCUT2D eigenvalue weighted by Crippen LogP contribution is 2.31. The van der Waals surface area contributed by atoms with Gasteiger partial charge in [-0.05, 0) is 56.5 Å². The zero-order valence-corrected chi connectivity index (χ0v) is 13.7. The summed E-state index contributed by atoms with van der Waals surface area (Å²) in [4.78, 5) is 4.54. The van der Waals surface area contributed by atoms with Crippen LogP contribution in [0.3, 0.4) is 0 Å². The molecule has 23 heavy (non-hydrogen) atoms. The Bertz CT molecular complexity index is 634. The summed E-state index contributed by atoms with van der Waals surface area (Å²) in [6.45, 7) is 2.18. The number of nitrogens with one attached hydrogen (secondary N) is 1. The maximum absolute atomic E-state index is 5.44. The van der Waals surface area contributed by atoms with Crippen molar-refractivity contribution >= 4 is 0 Å². The lowest BCUT2D eigenvalue weighted by atomic mass is 9.97. The molecule has 2 aromatic rings. The van der Waals surface area contributed by atoms with Gasteiger partial charge in [-0.15, -0.1) is 0 Å². The molecule has 1 fully saturated rings. The molecule has 1 aromatic carbocycles. The first-order valence-electron chi connectivity index (χ1n) is 8.06. The van der Waals surface area contributed by atoms with Crippen LogP contribution in [0.25, 0.3) is 11.4 Å². The van der Waals surface area contributed by atoms with Crippen molar-refractivity contribution in [3.05, 3.63) is 24.1 Å². The first-order chi connectivity index (χ1) is 11.3. The van der Waals surface area contributed by atoms with Crippen LogP contribution in [0.5, 0.6) is 11.5 Å². The van der Waals surface area contributed by atoms with E-state index in [0.29, 0.717) is 29.1 Å². The van der Waals surface area contributed by atoms with Gasteiger partial charge in [-0.3, -0.25) is 0 Å². The molecule has 1 atom stereocenters. The van der Waals surface area contributed by atoms with Crippen molar-refractivity contribution in [2.45, 2.75) is 25.7 Å². The lowest BCUT2D eigenvalue weighted by Crippen LogP contribution is -2.14. The highest BCUT2D eigenvalue weighted by Gasteiger charge is 2.17. The molecule has 6 nitrogen and oxygen atoms in total. The zero-order valence-electron chi connectivity index (χ0n) is 13.7. The minimum atomic E-state index is 0.590. The minimum absolute atomic E-state index is 0.590. The lowest BCUT2D eigenvalue weighted by Gasteiger charge is -2.09. The quantitative estimate of drug-likeness (QED) is 0.914. The van der Waals surface area contributed by atoms with Crippen molar-refractivity contribution < 1.29 is 14.0 Å². The maximum atomic E-state index is 5.44. The topological polar surface area (TPSA) is 69.4 Å². The van der Waals surface area contributed by atoms with Crippen LogP contribution in [0, 0.1) is 5.92 Å². The minimum Gasteiger partial charge on any atom is -0.493 e. The van der Waals surface area contributed by atoms with Crippen LogP contribution in [-0.2, 0) is 6.42 Å². The molecule has 0 aliphatic carbocycles. The lowest BCUT2D eigenvalue weighted by molar-refractivity contribution is 0.341. The molecule has 0 spiro atoms. The van der Waals surface area contributed by atoms with Crippen molar-refractivity contribution in [2.75, 3.05) is 27.3 Å². The standard InChI is InChI=1S/C17H23N3O3/c1-21-14-6-5-13(11-15(14)22-2)17-19-16(23-20-17)10-12-4-3-8-18-9-7-12/h5-6,11-12,18H,3-4,7-10H2,1-2H3. The Morgan fingerprint density at radius 3 is 2.87 bits per heavy atom. The van der Waals surface area contributed by atoms with E-state index in [1.165, 1.54) is 12.8 Å². The van der Waals surface area contributed by atoms with Gasteiger partial charge in [-0.2, -0.15) is 4.98 Å². The van der Waals surface area contributed by atoms with E-state index in [4.69, 9.17) is 14.0 Å². The van der Waals surface area contributed by atoms with Gasteiger partial charge in [-0.1, -0.05) is 5.16 Å². The fraction of sp³-hybridized carbons (Fsp3) is 0.529. The van der Waals surface area contributed by atoms with Gasteiger partial charge in [0.05, 0.1) is 14.2 Å². The van der Waals surface area contributed by atoms with E-state index in [0.717, 1.165) is 31.5 Å². The summed E-state index contributed by atoms with van der Waals surface area (Å²) in [6, 6.07) is 5.62. The van der Waals surface area contributed by atoms with E-state index in [-0.39, 0.29) is 0 Å². The van der Waals surface area contributed by atoms with Gasteiger partial charge in [-0.25, -0.2) is 0 Å². The van der Waals surface area contributed by atoms with Gasteiger partial charge >= 0.3 is 0 Å². The second-order valence-electron chi connectivity index (χ2n) is 5.83. The Labute approximate surface area is 136 Å². The molecule has 0 amide bonds. The van der Waals surface area contributed by atoms with E-state index < -0.39 is 0 Å². The fourth-order valence-electron chi connectivity index (χ4n) is 2.97. The average Bonchev–Trinajstić information content (AvgIpc) is 2.90. The van der Waals surface area contributed by atoms with Crippen molar-refractivity contribution in [1.82, 2.24) is 15.5 Å². The molecule has 2 heterocycles. The molecule has 0 saturated carbocycles. The Morgan fingerprint density at radius 2 is 2.04 bits per heavy atom. The largest absolute Gasteiger partial charge is 0.493 e. The number of aromatic nitrogens is 2. The summed E-state index contributed by atoms with van der Waals surface area (Å²) in [5, 5.41) is 7.53.